The van der Waals surface area contributed by atoms with Crippen LogP contribution in [-0.2, 0) is 4.74 Å². The van der Waals surface area contributed by atoms with Gasteiger partial charge in [-0.2, -0.15) is 10.4 Å². The van der Waals surface area contributed by atoms with Crippen molar-refractivity contribution in [1.82, 2.24) is 9.78 Å². The molecule has 0 aliphatic carbocycles. The second-order valence-electron chi connectivity index (χ2n) is 4.93. The Balaban J connectivity index is 2.10. The van der Waals surface area contributed by atoms with E-state index in [2.05, 4.69) is 11.2 Å². The highest BCUT2D eigenvalue weighted by Gasteiger charge is 2.22. The van der Waals surface area contributed by atoms with Crippen LogP contribution in [0.25, 0.3) is 11.1 Å². The van der Waals surface area contributed by atoms with E-state index in [0.717, 1.165) is 24.2 Å². The molecule has 2 heterocycles. The second-order valence-corrected chi connectivity index (χ2v) is 4.93. The molecule has 1 aromatic heterocycles. The summed E-state index contributed by atoms with van der Waals surface area (Å²) >= 11 is 0. The van der Waals surface area contributed by atoms with Crippen molar-refractivity contribution >= 4 is 5.69 Å². The Kier molecular flexibility index (Phi) is 3.50. The number of nitrogens with zero attached hydrogens (tertiary/aromatic N) is 3. The molecule has 1 aromatic carbocycles. The van der Waals surface area contributed by atoms with E-state index in [9.17, 15) is 5.26 Å². The van der Waals surface area contributed by atoms with Gasteiger partial charge in [-0.3, -0.25) is 4.68 Å². The Bertz CT molecular complexity index is 696. The standard InChI is InChI=1S/C15H16N4O2/c1-20-15-11(3-2-4-13(15)17)12-8-19(18-14(12)7-16)10-5-6-21-9-10/h2-4,8,10H,5-6,9,17H2,1H3/t10-/m0/s1. The van der Waals surface area contributed by atoms with Gasteiger partial charge in [0.05, 0.1) is 25.4 Å². The van der Waals surface area contributed by atoms with E-state index < -0.39 is 0 Å². The predicted molar refractivity (Wildman–Crippen MR) is 77.8 cm³/mol. The van der Waals surface area contributed by atoms with Gasteiger partial charge in [0.1, 0.15) is 11.8 Å². The highest BCUT2D eigenvalue weighted by molar-refractivity contribution is 5.79. The van der Waals surface area contributed by atoms with E-state index in [1.807, 2.05) is 23.0 Å². The molecule has 0 saturated carbocycles. The predicted octanol–water partition coefficient (Wildman–Crippen LogP) is 1.97. The van der Waals surface area contributed by atoms with Crippen LogP contribution in [0.5, 0.6) is 5.75 Å². The molecule has 1 aliphatic heterocycles. The van der Waals surface area contributed by atoms with Gasteiger partial charge in [0.25, 0.3) is 0 Å². The normalized spacial score (nSPS) is 17.6. The minimum absolute atomic E-state index is 0.179. The van der Waals surface area contributed by atoms with E-state index in [4.69, 9.17) is 15.2 Å². The number of hydrogen-bond acceptors (Lipinski definition) is 5. The minimum atomic E-state index is 0.179. The summed E-state index contributed by atoms with van der Waals surface area (Å²) in [5, 5.41) is 13.7. The first-order chi connectivity index (χ1) is 10.2. The van der Waals surface area contributed by atoms with Gasteiger partial charge in [0.2, 0.25) is 0 Å². The third kappa shape index (κ3) is 2.32. The minimum Gasteiger partial charge on any atom is -0.494 e. The fourth-order valence-electron chi connectivity index (χ4n) is 2.58. The molecule has 0 spiro atoms. The molecule has 0 unspecified atom stereocenters. The number of nitrogens with two attached hydrogens (primary N) is 1. The molecule has 21 heavy (non-hydrogen) atoms. The molecule has 1 aliphatic rings. The summed E-state index contributed by atoms with van der Waals surface area (Å²) in [7, 11) is 1.57. The van der Waals surface area contributed by atoms with Crippen molar-refractivity contribution in [2.45, 2.75) is 12.5 Å². The Hall–Kier alpha value is -2.52. The molecule has 6 nitrogen and oxygen atoms in total. The molecule has 108 valence electrons. The van der Waals surface area contributed by atoms with E-state index >= 15 is 0 Å². The number of para-hydroxylation sites is 1. The van der Waals surface area contributed by atoms with Crippen molar-refractivity contribution < 1.29 is 9.47 Å². The van der Waals surface area contributed by atoms with Crippen molar-refractivity contribution in [2.75, 3.05) is 26.1 Å². The maximum atomic E-state index is 9.34. The molecule has 6 heteroatoms. The highest BCUT2D eigenvalue weighted by atomic mass is 16.5. The summed E-state index contributed by atoms with van der Waals surface area (Å²) < 4.78 is 12.6. The van der Waals surface area contributed by atoms with E-state index in [1.165, 1.54) is 0 Å². The van der Waals surface area contributed by atoms with Crippen molar-refractivity contribution in [3.05, 3.63) is 30.1 Å². The maximum absolute atomic E-state index is 9.34. The largest absolute Gasteiger partial charge is 0.494 e. The number of aromatic nitrogens is 2. The third-order valence-corrected chi connectivity index (χ3v) is 3.66. The fourth-order valence-corrected chi connectivity index (χ4v) is 2.58. The van der Waals surface area contributed by atoms with Gasteiger partial charge >= 0.3 is 0 Å². The average molecular weight is 284 g/mol. The van der Waals surface area contributed by atoms with E-state index in [1.54, 1.807) is 13.2 Å². The first-order valence-electron chi connectivity index (χ1n) is 6.74. The molecular weight excluding hydrogens is 268 g/mol. The number of methoxy groups -OCH3 is 1. The first-order valence-corrected chi connectivity index (χ1v) is 6.74. The maximum Gasteiger partial charge on any atom is 0.170 e. The monoisotopic (exact) mass is 284 g/mol. The lowest BCUT2D eigenvalue weighted by molar-refractivity contribution is 0.184. The quantitative estimate of drug-likeness (QED) is 0.871. The number of nitrogen functional groups attached to an aromatic ring is 1. The molecule has 1 saturated heterocycles. The number of ether oxygens (including phenoxy) is 2. The van der Waals surface area contributed by atoms with Crippen LogP contribution in [0.2, 0.25) is 0 Å². The van der Waals surface area contributed by atoms with Crippen LogP contribution in [0.4, 0.5) is 5.69 Å². The highest BCUT2D eigenvalue weighted by Crippen LogP contribution is 2.36. The summed E-state index contributed by atoms with van der Waals surface area (Å²) in [6.07, 6.45) is 2.77. The second kappa shape index (κ2) is 5.46. The molecule has 3 rings (SSSR count). The average Bonchev–Trinajstić information content (AvgIpc) is 3.15. The molecule has 0 amide bonds. The lowest BCUT2D eigenvalue weighted by Crippen LogP contribution is -2.09. The number of anilines is 1. The van der Waals surface area contributed by atoms with Gasteiger partial charge in [0, 0.05) is 23.9 Å². The third-order valence-electron chi connectivity index (χ3n) is 3.66. The van der Waals surface area contributed by atoms with Crippen molar-refractivity contribution in [2.24, 2.45) is 0 Å². The SMILES string of the molecule is COc1c(N)cccc1-c1cn([C@H]2CCOC2)nc1C#N. The summed E-state index contributed by atoms with van der Waals surface area (Å²) in [5.41, 5.74) is 8.35. The van der Waals surface area contributed by atoms with Crippen molar-refractivity contribution in [3.8, 4) is 22.9 Å². The number of rotatable bonds is 3. The van der Waals surface area contributed by atoms with Crippen LogP contribution in [0.15, 0.2) is 24.4 Å². The number of hydrogen-bond donors (Lipinski definition) is 1. The van der Waals surface area contributed by atoms with E-state index in [0.29, 0.717) is 23.7 Å². The van der Waals surface area contributed by atoms with Crippen LogP contribution < -0.4 is 10.5 Å². The zero-order valence-electron chi connectivity index (χ0n) is 11.7. The van der Waals surface area contributed by atoms with Crippen LogP contribution in [0.1, 0.15) is 18.2 Å². The Morgan fingerprint density at radius 2 is 2.33 bits per heavy atom. The van der Waals surface area contributed by atoms with Crippen LogP contribution in [0, 0.1) is 11.3 Å². The van der Waals surface area contributed by atoms with Crippen molar-refractivity contribution in [3.63, 3.8) is 0 Å². The molecular formula is C15H16N4O2. The fraction of sp³-hybridized carbons (Fsp3) is 0.333. The van der Waals surface area contributed by atoms with Crippen molar-refractivity contribution in [1.29, 1.82) is 5.26 Å². The molecule has 0 radical (unpaired) electrons. The molecule has 2 aromatic rings. The zero-order valence-corrected chi connectivity index (χ0v) is 11.7. The zero-order chi connectivity index (χ0) is 14.8. The summed E-state index contributed by atoms with van der Waals surface area (Å²) in [5.74, 6) is 0.566. The van der Waals surface area contributed by atoms with Crippen LogP contribution in [0.3, 0.4) is 0 Å². The molecule has 0 bridgehead atoms. The summed E-state index contributed by atoms with van der Waals surface area (Å²) in [6, 6.07) is 7.80. The molecule has 1 atom stereocenters. The van der Waals surface area contributed by atoms with Gasteiger partial charge in [-0.15, -0.1) is 0 Å². The lowest BCUT2D eigenvalue weighted by Gasteiger charge is -2.10. The Morgan fingerprint density at radius 3 is 3.00 bits per heavy atom. The van der Waals surface area contributed by atoms with Gasteiger partial charge in [-0.05, 0) is 12.5 Å². The number of benzene rings is 1. The Morgan fingerprint density at radius 1 is 1.48 bits per heavy atom. The summed E-state index contributed by atoms with van der Waals surface area (Å²) in [4.78, 5) is 0. The lowest BCUT2D eigenvalue weighted by atomic mass is 10.0. The van der Waals surface area contributed by atoms with Gasteiger partial charge in [-0.25, -0.2) is 0 Å². The van der Waals surface area contributed by atoms with Gasteiger partial charge in [0.15, 0.2) is 5.69 Å². The summed E-state index contributed by atoms with van der Waals surface area (Å²) in [6.45, 7) is 1.35. The smallest absolute Gasteiger partial charge is 0.170 e. The molecule has 2 N–H and O–H groups in total. The number of nitriles is 1. The first kappa shape index (κ1) is 13.5. The van der Waals surface area contributed by atoms with Gasteiger partial charge < -0.3 is 15.2 Å². The van der Waals surface area contributed by atoms with E-state index in [-0.39, 0.29) is 6.04 Å². The van der Waals surface area contributed by atoms with Crippen LogP contribution >= 0.6 is 0 Å². The van der Waals surface area contributed by atoms with Crippen LogP contribution in [-0.4, -0.2) is 30.1 Å². The molecule has 1 fully saturated rings. The topological polar surface area (TPSA) is 86.1 Å². The van der Waals surface area contributed by atoms with Gasteiger partial charge in [-0.1, -0.05) is 12.1 Å². The Labute approximate surface area is 122 Å².